The van der Waals surface area contributed by atoms with E-state index in [4.69, 9.17) is 5.11 Å². The zero-order chi connectivity index (χ0) is 19.4. The normalized spacial score (nSPS) is 18.4. The fourth-order valence-corrected chi connectivity index (χ4v) is 3.49. The maximum absolute atomic E-state index is 12.7. The number of nitrogens with one attached hydrogen (secondary N) is 3. The van der Waals surface area contributed by atoms with Crippen LogP contribution in [0.25, 0.3) is 0 Å². The largest absolute Gasteiger partial charge is 0.481 e. The molecule has 2 aromatic rings. The summed E-state index contributed by atoms with van der Waals surface area (Å²) in [6, 6.07) is 3.64. The molecule has 0 fully saturated rings. The highest BCUT2D eigenvalue weighted by Crippen LogP contribution is 2.28. The Morgan fingerprint density at radius 2 is 2.22 bits per heavy atom. The highest BCUT2D eigenvalue weighted by molar-refractivity contribution is 7.16. The molecule has 3 heterocycles. The molecule has 1 unspecified atom stereocenters. The van der Waals surface area contributed by atoms with E-state index >= 15 is 0 Å². The molecule has 140 valence electrons. The Bertz CT molecular complexity index is 922. The van der Waals surface area contributed by atoms with Crippen LogP contribution < -0.4 is 16.0 Å². The van der Waals surface area contributed by atoms with Gasteiger partial charge in [-0.15, -0.1) is 11.3 Å². The number of thiazole rings is 1. The maximum atomic E-state index is 12.7. The molecule has 1 aliphatic heterocycles. The Morgan fingerprint density at radius 3 is 2.93 bits per heavy atom. The molecule has 0 aromatic carbocycles. The molecule has 1 aliphatic rings. The first kappa shape index (κ1) is 18.6. The van der Waals surface area contributed by atoms with Gasteiger partial charge in [0.1, 0.15) is 10.8 Å². The predicted molar refractivity (Wildman–Crippen MR) is 103 cm³/mol. The lowest BCUT2D eigenvalue weighted by Crippen LogP contribution is -2.47. The van der Waals surface area contributed by atoms with E-state index in [9.17, 15) is 9.59 Å². The van der Waals surface area contributed by atoms with E-state index < -0.39 is 17.4 Å². The van der Waals surface area contributed by atoms with Crippen LogP contribution in [0.4, 0.5) is 10.7 Å². The van der Waals surface area contributed by atoms with Crippen LogP contribution in [-0.2, 0) is 4.79 Å². The van der Waals surface area contributed by atoms with E-state index in [0.29, 0.717) is 10.8 Å². The second-order valence-electron chi connectivity index (χ2n) is 6.28. The molecule has 27 heavy (non-hydrogen) atoms. The average Bonchev–Trinajstić information content (AvgIpc) is 2.95. The molecule has 9 heteroatoms. The summed E-state index contributed by atoms with van der Waals surface area (Å²) in [4.78, 5) is 32.1. The van der Waals surface area contributed by atoms with Gasteiger partial charge in [-0.25, -0.2) is 4.98 Å². The summed E-state index contributed by atoms with van der Waals surface area (Å²) < 4.78 is 0. The zero-order valence-corrected chi connectivity index (χ0v) is 15.6. The van der Waals surface area contributed by atoms with Gasteiger partial charge in [-0.1, -0.05) is 12.2 Å². The van der Waals surface area contributed by atoms with Crippen LogP contribution in [-0.4, -0.2) is 32.5 Å². The zero-order valence-electron chi connectivity index (χ0n) is 14.8. The first-order chi connectivity index (χ1) is 12.8. The van der Waals surface area contributed by atoms with E-state index in [1.807, 2.05) is 13.0 Å². The molecule has 4 N–H and O–H groups in total. The van der Waals surface area contributed by atoms with Crippen LogP contribution >= 0.6 is 11.3 Å². The van der Waals surface area contributed by atoms with Crippen molar-refractivity contribution in [3.63, 3.8) is 0 Å². The number of carboxylic acids is 1. The topological polar surface area (TPSA) is 116 Å². The summed E-state index contributed by atoms with van der Waals surface area (Å²) in [5.74, 6) is -0.901. The Morgan fingerprint density at radius 1 is 1.41 bits per heavy atom. The third-order valence-electron chi connectivity index (χ3n) is 3.78. The number of carboxylic acid groups (broad SMARTS) is 1. The molecule has 1 atom stereocenters. The number of amides is 1. The monoisotopic (exact) mass is 385 g/mol. The van der Waals surface area contributed by atoms with Gasteiger partial charge in [0.05, 0.1) is 28.9 Å². The second-order valence-corrected chi connectivity index (χ2v) is 7.49. The average molecular weight is 385 g/mol. The molecule has 0 radical (unpaired) electrons. The van der Waals surface area contributed by atoms with E-state index in [2.05, 4.69) is 25.9 Å². The van der Waals surface area contributed by atoms with Gasteiger partial charge < -0.3 is 21.1 Å². The fraction of sp³-hybridized carbons (Fsp3) is 0.222. The molecular weight excluding hydrogens is 366 g/mol. The van der Waals surface area contributed by atoms with Crippen LogP contribution in [0.1, 0.15) is 28.8 Å². The number of carbonyl (C=O) groups is 2. The molecule has 0 bridgehead atoms. The summed E-state index contributed by atoms with van der Waals surface area (Å²) >= 11 is 1.37. The Hall–Kier alpha value is -3.20. The summed E-state index contributed by atoms with van der Waals surface area (Å²) in [7, 11) is 0. The molecule has 1 amide bonds. The smallest absolute Gasteiger partial charge is 0.306 e. The third-order valence-corrected chi connectivity index (χ3v) is 4.67. The minimum atomic E-state index is -0.930. The summed E-state index contributed by atoms with van der Waals surface area (Å²) in [5, 5.41) is 19.4. The standard InChI is InChI=1S/C18H19N5O3S/c1-11-20-15(17(27-11)21-12-5-4-8-19-10-12)16(26)22-13-6-3-7-18(2,23-13)9-14(24)25/h3-8,10,21,23H,9H2,1-2H3,(H,22,26)(H,24,25). The van der Waals surface area contributed by atoms with Gasteiger partial charge in [0.15, 0.2) is 5.69 Å². The molecule has 0 saturated heterocycles. The van der Waals surface area contributed by atoms with Gasteiger partial charge in [0, 0.05) is 6.20 Å². The lowest BCUT2D eigenvalue weighted by Gasteiger charge is -2.30. The number of carbonyl (C=O) groups excluding carboxylic acids is 1. The Kier molecular flexibility index (Phi) is 5.22. The lowest BCUT2D eigenvalue weighted by atomic mass is 9.95. The number of dihydropyridines is 1. The Labute approximate surface area is 160 Å². The molecule has 0 spiro atoms. The second kappa shape index (κ2) is 7.58. The van der Waals surface area contributed by atoms with Gasteiger partial charge in [0.25, 0.3) is 5.91 Å². The Balaban J connectivity index is 1.74. The number of anilines is 2. The van der Waals surface area contributed by atoms with Crippen LogP contribution in [0.15, 0.2) is 48.6 Å². The maximum Gasteiger partial charge on any atom is 0.306 e. The number of aliphatic carboxylic acids is 1. The summed E-state index contributed by atoms with van der Waals surface area (Å²) in [6.07, 6.45) is 8.36. The van der Waals surface area contributed by atoms with Crippen molar-refractivity contribution < 1.29 is 14.7 Å². The van der Waals surface area contributed by atoms with Crippen molar-refractivity contribution in [1.82, 2.24) is 20.6 Å². The fourth-order valence-electron chi connectivity index (χ4n) is 2.65. The molecule has 0 aliphatic carbocycles. The molecule has 3 rings (SSSR count). The van der Waals surface area contributed by atoms with E-state index in [-0.39, 0.29) is 12.1 Å². The van der Waals surface area contributed by atoms with Crippen molar-refractivity contribution in [3.8, 4) is 0 Å². The highest BCUT2D eigenvalue weighted by Gasteiger charge is 2.28. The van der Waals surface area contributed by atoms with E-state index in [0.717, 1.165) is 10.7 Å². The van der Waals surface area contributed by atoms with Crippen LogP contribution in [0, 0.1) is 6.92 Å². The first-order valence-corrected chi connectivity index (χ1v) is 9.02. The molecule has 8 nitrogen and oxygen atoms in total. The van der Waals surface area contributed by atoms with Crippen molar-refractivity contribution in [2.24, 2.45) is 0 Å². The third kappa shape index (κ3) is 4.70. The van der Waals surface area contributed by atoms with Gasteiger partial charge in [-0.3, -0.25) is 14.6 Å². The number of rotatable bonds is 6. The minimum Gasteiger partial charge on any atom is -0.481 e. The van der Waals surface area contributed by atoms with Crippen molar-refractivity contribution in [1.29, 1.82) is 0 Å². The highest BCUT2D eigenvalue weighted by atomic mass is 32.1. The number of aromatic nitrogens is 2. The number of allylic oxidation sites excluding steroid dienone is 2. The number of nitrogens with zero attached hydrogens (tertiary/aromatic N) is 2. The molecule has 0 saturated carbocycles. The van der Waals surface area contributed by atoms with Gasteiger partial charge in [-0.05, 0) is 32.1 Å². The van der Waals surface area contributed by atoms with Crippen molar-refractivity contribution in [2.75, 3.05) is 5.32 Å². The first-order valence-electron chi connectivity index (χ1n) is 8.20. The quantitative estimate of drug-likeness (QED) is 0.604. The number of hydrogen-bond donors (Lipinski definition) is 4. The SMILES string of the molecule is Cc1nc(C(=O)NC2=CC=CC(C)(CC(=O)O)N2)c(Nc2cccnc2)s1. The number of aryl methyl sites for hydroxylation is 1. The van der Waals surface area contributed by atoms with E-state index in [1.165, 1.54) is 11.3 Å². The van der Waals surface area contributed by atoms with Gasteiger partial charge in [-0.2, -0.15) is 0 Å². The molecule has 2 aromatic heterocycles. The summed E-state index contributed by atoms with van der Waals surface area (Å²) in [5.41, 5.74) is 0.235. The summed E-state index contributed by atoms with van der Waals surface area (Å²) in [6.45, 7) is 3.57. The lowest BCUT2D eigenvalue weighted by molar-refractivity contribution is -0.138. The van der Waals surface area contributed by atoms with Gasteiger partial charge >= 0.3 is 5.97 Å². The predicted octanol–water partition coefficient (Wildman–Crippen LogP) is 2.55. The minimum absolute atomic E-state index is 0.111. The van der Waals surface area contributed by atoms with Gasteiger partial charge in [0.2, 0.25) is 0 Å². The number of hydrogen-bond acceptors (Lipinski definition) is 7. The van der Waals surface area contributed by atoms with Crippen LogP contribution in [0.3, 0.4) is 0 Å². The van der Waals surface area contributed by atoms with E-state index in [1.54, 1.807) is 43.6 Å². The van der Waals surface area contributed by atoms with Crippen molar-refractivity contribution in [2.45, 2.75) is 25.8 Å². The number of pyridine rings is 1. The molecular formula is C18H19N5O3S. The van der Waals surface area contributed by atoms with Crippen LogP contribution in [0.5, 0.6) is 0 Å². The van der Waals surface area contributed by atoms with Crippen molar-refractivity contribution in [3.05, 3.63) is 59.3 Å². The van der Waals surface area contributed by atoms with Crippen LogP contribution in [0.2, 0.25) is 0 Å². The van der Waals surface area contributed by atoms with Crippen molar-refractivity contribution >= 4 is 33.9 Å².